The van der Waals surface area contributed by atoms with Gasteiger partial charge in [0.05, 0.1) is 11.5 Å². The first-order chi connectivity index (χ1) is 12.7. The molecule has 0 bridgehead atoms. The SMILES string of the molecule is CC(C)(C)C(CN(Cc1cccc([N+](=O)[O-])c1)C(=O)O)Oc1ccccc1. The summed E-state index contributed by atoms with van der Waals surface area (Å²) in [5.41, 5.74) is 0.177. The molecule has 7 nitrogen and oxygen atoms in total. The van der Waals surface area contributed by atoms with Gasteiger partial charge in [-0.1, -0.05) is 51.1 Å². The molecule has 0 aliphatic heterocycles. The minimum absolute atomic E-state index is 0.0434. The number of nitrogens with zero attached hydrogens (tertiary/aromatic N) is 2. The molecule has 0 heterocycles. The van der Waals surface area contributed by atoms with E-state index in [1.165, 1.54) is 17.0 Å². The third kappa shape index (κ3) is 5.99. The van der Waals surface area contributed by atoms with Crippen molar-refractivity contribution in [3.05, 3.63) is 70.3 Å². The summed E-state index contributed by atoms with van der Waals surface area (Å²) in [6.45, 7) is 6.12. The van der Waals surface area contributed by atoms with Crippen molar-refractivity contribution in [2.24, 2.45) is 5.41 Å². The molecule has 2 aromatic carbocycles. The molecule has 0 fully saturated rings. The molecule has 0 radical (unpaired) electrons. The van der Waals surface area contributed by atoms with Gasteiger partial charge in [-0.05, 0) is 17.7 Å². The number of nitro benzene ring substituents is 1. The lowest BCUT2D eigenvalue weighted by molar-refractivity contribution is -0.384. The maximum atomic E-state index is 11.8. The van der Waals surface area contributed by atoms with Crippen LogP contribution in [-0.2, 0) is 6.54 Å². The van der Waals surface area contributed by atoms with E-state index in [4.69, 9.17) is 4.74 Å². The topological polar surface area (TPSA) is 92.9 Å². The standard InChI is InChI=1S/C20H24N2O5/c1-20(2,3)18(27-17-10-5-4-6-11-17)14-21(19(23)24)13-15-8-7-9-16(12-15)22(25)26/h4-12,18H,13-14H2,1-3H3,(H,23,24). The third-order valence-corrected chi connectivity index (χ3v) is 4.14. The molecule has 2 rings (SSSR count). The van der Waals surface area contributed by atoms with Gasteiger partial charge in [0.1, 0.15) is 11.9 Å². The Morgan fingerprint density at radius 3 is 2.41 bits per heavy atom. The van der Waals surface area contributed by atoms with Gasteiger partial charge in [0.25, 0.3) is 5.69 Å². The van der Waals surface area contributed by atoms with Gasteiger partial charge in [-0.3, -0.25) is 10.1 Å². The highest BCUT2D eigenvalue weighted by Crippen LogP contribution is 2.26. The monoisotopic (exact) mass is 372 g/mol. The number of ether oxygens (including phenoxy) is 1. The molecule has 0 aromatic heterocycles. The van der Waals surface area contributed by atoms with Crippen molar-refractivity contribution in [2.45, 2.75) is 33.4 Å². The fourth-order valence-corrected chi connectivity index (χ4v) is 2.55. The van der Waals surface area contributed by atoms with E-state index in [9.17, 15) is 20.0 Å². The smallest absolute Gasteiger partial charge is 0.407 e. The van der Waals surface area contributed by atoms with E-state index in [1.54, 1.807) is 12.1 Å². The number of non-ortho nitro benzene ring substituents is 1. The Labute approximate surface area is 158 Å². The lowest BCUT2D eigenvalue weighted by Crippen LogP contribution is -2.44. The van der Waals surface area contributed by atoms with Crippen LogP contribution in [0, 0.1) is 15.5 Å². The van der Waals surface area contributed by atoms with Gasteiger partial charge in [-0.2, -0.15) is 0 Å². The summed E-state index contributed by atoms with van der Waals surface area (Å²) in [5.74, 6) is 0.665. The maximum Gasteiger partial charge on any atom is 0.407 e. The van der Waals surface area contributed by atoms with Crippen molar-refractivity contribution in [3.8, 4) is 5.75 Å². The van der Waals surface area contributed by atoms with Crippen molar-refractivity contribution in [1.29, 1.82) is 0 Å². The largest absolute Gasteiger partial charge is 0.488 e. The zero-order chi connectivity index (χ0) is 20.0. The van der Waals surface area contributed by atoms with E-state index in [1.807, 2.05) is 51.1 Å². The average Bonchev–Trinajstić information content (AvgIpc) is 2.60. The minimum Gasteiger partial charge on any atom is -0.488 e. The highest BCUT2D eigenvalue weighted by Gasteiger charge is 2.30. The quantitative estimate of drug-likeness (QED) is 0.568. The van der Waals surface area contributed by atoms with Crippen LogP contribution in [0.3, 0.4) is 0 Å². The summed E-state index contributed by atoms with van der Waals surface area (Å²) in [4.78, 5) is 23.4. The molecule has 2 aromatic rings. The van der Waals surface area contributed by atoms with Crippen molar-refractivity contribution >= 4 is 11.8 Å². The van der Waals surface area contributed by atoms with Gasteiger partial charge in [0, 0.05) is 24.1 Å². The van der Waals surface area contributed by atoms with Crippen LogP contribution in [0.1, 0.15) is 26.3 Å². The maximum absolute atomic E-state index is 11.8. The molecule has 27 heavy (non-hydrogen) atoms. The number of amides is 1. The molecule has 1 N–H and O–H groups in total. The number of hydrogen-bond acceptors (Lipinski definition) is 4. The lowest BCUT2D eigenvalue weighted by atomic mass is 9.88. The van der Waals surface area contributed by atoms with Crippen molar-refractivity contribution in [1.82, 2.24) is 4.90 Å². The summed E-state index contributed by atoms with van der Waals surface area (Å²) in [6, 6.07) is 15.2. The molecule has 0 spiro atoms. The fourth-order valence-electron chi connectivity index (χ4n) is 2.55. The van der Waals surface area contributed by atoms with Crippen LogP contribution >= 0.6 is 0 Å². The van der Waals surface area contributed by atoms with Crippen molar-refractivity contribution in [3.63, 3.8) is 0 Å². The molecule has 1 amide bonds. The summed E-state index contributed by atoms with van der Waals surface area (Å²) in [7, 11) is 0. The zero-order valence-corrected chi connectivity index (χ0v) is 15.7. The summed E-state index contributed by atoms with van der Waals surface area (Å²) in [5, 5.41) is 20.6. The number of carbonyl (C=O) groups is 1. The molecule has 1 unspecified atom stereocenters. The Morgan fingerprint density at radius 1 is 1.19 bits per heavy atom. The average molecular weight is 372 g/mol. The van der Waals surface area contributed by atoms with Crippen LogP contribution in [0.5, 0.6) is 5.75 Å². The Morgan fingerprint density at radius 2 is 1.85 bits per heavy atom. The van der Waals surface area contributed by atoms with Crippen LogP contribution in [0.15, 0.2) is 54.6 Å². The van der Waals surface area contributed by atoms with E-state index in [2.05, 4.69) is 0 Å². The molecule has 0 aliphatic carbocycles. The van der Waals surface area contributed by atoms with Crippen molar-refractivity contribution < 1.29 is 19.6 Å². The first-order valence-electron chi connectivity index (χ1n) is 8.59. The van der Waals surface area contributed by atoms with Crippen LogP contribution < -0.4 is 4.74 Å². The number of carboxylic acid groups (broad SMARTS) is 1. The second kappa shape index (κ2) is 8.53. The van der Waals surface area contributed by atoms with Gasteiger partial charge in [0.15, 0.2) is 0 Å². The van der Waals surface area contributed by atoms with Crippen LogP contribution in [0.2, 0.25) is 0 Å². The van der Waals surface area contributed by atoms with E-state index in [0.29, 0.717) is 11.3 Å². The molecule has 0 saturated heterocycles. The number of rotatable bonds is 7. The molecular formula is C20H24N2O5. The van der Waals surface area contributed by atoms with Crippen LogP contribution in [-0.4, -0.2) is 33.7 Å². The first-order valence-corrected chi connectivity index (χ1v) is 8.59. The highest BCUT2D eigenvalue weighted by molar-refractivity contribution is 5.65. The number of benzene rings is 2. The summed E-state index contributed by atoms with van der Waals surface area (Å²) >= 11 is 0. The van der Waals surface area contributed by atoms with Gasteiger partial charge in [0.2, 0.25) is 0 Å². The zero-order valence-electron chi connectivity index (χ0n) is 15.7. The summed E-state index contributed by atoms with van der Waals surface area (Å²) in [6.07, 6.45) is -1.50. The third-order valence-electron chi connectivity index (χ3n) is 4.14. The fraction of sp³-hybridized carbons (Fsp3) is 0.350. The van der Waals surface area contributed by atoms with E-state index in [-0.39, 0.29) is 24.2 Å². The predicted octanol–water partition coefficient (Wildman–Crippen LogP) is 4.57. The first kappa shape index (κ1) is 20.2. The van der Waals surface area contributed by atoms with Gasteiger partial charge < -0.3 is 14.7 Å². The number of para-hydroxylation sites is 1. The Hall–Kier alpha value is -3.09. The normalized spacial score (nSPS) is 12.3. The Balaban J connectivity index is 2.19. The van der Waals surface area contributed by atoms with Crippen molar-refractivity contribution in [2.75, 3.05) is 6.54 Å². The molecule has 0 aliphatic rings. The molecule has 144 valence electrons. The molecular weight excluding hydrogens is 348 g/mol. The molecule has 0 saturated carbocycles. The van der Waals surface area contributed by atoms with E-state index >= 15 is 0 Å². The minimum atomic E-state index is -1.10. The Kier molecular flexibility index (Phi) is 6.39. The highest BCUT2D eigenvalue weighted by atomic mass is 16.6. The van der Waals surface area contributed by atoms with Gasteiger partial charge in [-0.25, -0.2) is 4.79 Å². The Bertz CT molecular complexity index is 786. The van der Waals surface area contributed by atoms with Crippen LogP contribution in [0.25, 0.3) is 0 Å². The number of hydrogen-bond donors (Lipinski definition) is 1. The van der Waals surface area contributed by atoms with Gasteiger partial charge >= 0.3 is 6.09 Å². The molecule has 7 heteroatoms. The second-order valence-corrected chi connectivity index (χ2v) is 7.38. The van der Waals surface area contributed by atoms with E-state index in [0.717, 1.165) is 0 Å². The summed E-state index contributed by atoms with van der Waals surface area (Å²) < 4.78 is 6.05. The second-order valence-electron chi connectivity index (χ2n) is 7.38. The van der Waals surface area contributed by atoms with E-state index < -0.39 is 17.1 Å². The van der Waals surface area contributed by atoms with Gasteiger partial charge in [-0.15, -0.1) is 0 Å². The molecule has 1 atom stereocenters. The lowest BCUT2D eigenvalue weighted by Gasteiger charge is -2.34. The number of nitro groups is 1. The van der Waals surface area contributed by atoms with Crippen LogP contribution in [0.4, 0.5) is 10.5 Å². The predicted molar refractivity (Wildman–Crippen MR) is 102 cm³/mol.